The molecule has 2 aromatic rings. The first kappa shape index (κ1) is 14.5. The van der Waals surface area contributed by atoms with Crippen LogP contribution in [0, 0.1) is 13.8 Å². The van der Waals surface area contributed by atoms with Gasteiger partial charge >= 0.3 is 0 Å². The summed E-state index contributed by atoms with van der Waals surface area (Å²) in [5.41, 5.74) is 4.63. The first-order valence-electron chi connectivity index (χ1n) is 6.94. The maximum absolute atomic E-state index is 4.49. The molecule has 1 aromatic heterocycles. The highest BCUT2D eigenvalue weighted by Gasteiger charge is 2.08. The molecule has 1 N–H and O–H groups in total. The van der Waals surface area contributed by atoms with E-state index in [1.54, 1.807) is 0 Å². The number of nitrogens with zero attached hydrogens (tertiary/aromatic N) is 3. The van der Waals surface area contributed by atoms with Gasteiger partial charge in [0.15, 0.2) is 5.82 Å². The van der Waals surface area contributed by atoms with Gasteiger partial charge in [-0.05, 0) is 32.0 Å². The Bertz CT molecular complexity index is 563. The van der Waals surface area contributed by atoms with Crippen LogP contribution in [0.15, 0.2) is 30.6 Å². The quantitative estimate of drug-likeness (QED) is 0.907. The summed E-state index contributed by atoms with van der Waals surface area (Å²) in [5.74, 6) is 0.859. The average Bonchev–Trinajstić information content (AvgIpc) is 2.45. The van der Waals surface area contributed by atoms with E-state index >= 15 is 0 Å². The highest BCUT2D eigenvalue weighted by molar-refractivity contribution is 5.62. The van der Waals surface area contributed by atoms with Crippen molar-refractivity contribution in [3.63, 3.8) is 0 Å². The maximum Gasteiger partial charge on any atom is 0.151 e. The molecule has 0 radical (unpaired) electrons. The lowest BCUT2D eigenvalue weighted by molar-refractivity contribution is 0.707. The lowest BCUT2D eigenvalue weighted by atomic mass is 10.1. The monoisotopic (exact) mass is 270 g/mol. The van der Waals surface area contributed by atoms with E-state index in [4.69, 9.17) is 0 Å². The molecule has 0 aliphatic rings. The Kier molecular flexibility index (Phi) is 4.69. The summed E-state index contributed by atoms with van der Waals surface area (Å²) in [6.45, 7) is 8.00. The van der Waals surface area contributed by atoms with Crippen LogP contribution in [0.1, 0.15) is 23.7 Å². The van der Waals surface area contributed by atoms with Crippen LogP contribution in [0.2, 0.25) is 0 Å². The highest BCUT2D eigenvalue weighted by Crippen LogP contribution is 2.25. The zero-order valence-electron chi connectivity index (χ0n) is 12.6. The fourth-order valence-corrected chi connectivity index (χ4v) is 2.17. The molecule has 0 bridgehead atoms. The standard InChI is InChI=1S/C16H22N4/c1-5-17-9-14-10-19-16(11-18-14)20(4)15-7-6-12(2)8-13(15)3/h6-8,10-11,17H,5,9H2,1-4H3. The van der Waals surface area contributed by atoms with Gasteiger partial charge in [0, 0.05) is 19.3 Å². The van der Waals surface area contributed by atoms with Gasteiger partial charge in [-0.1, -0.05) is 24.6 Å². The number of nitrogens with one attached hydrogen (secondary N) is 1. The summed E-state index contributed by atoms with van der Waals surface area (Å²) in [4.78, 5) is 11.0. The van der Waals surface area contributed by atoms with E-state index in [-0.39, 0.29) is 0 Å². The zero-order chi connectivity index (χ0) is 14.5. The Hall–Kier alpha value is -1.94. The minimum absolute atomic E-state index is 0.761. The number of anilines is 2. The number of hydrogen-bond donors (Lipinski definition) is 1. The average molecular weight is 270 g/mol. The van der Waals surface area contributed by atoms with Crippen molar-refractivity contribution in [1.82, 2.24) is 15.3 Å². The number of benzene rings is 1. The van der Waals surface area contributed by atoms with Crippen molar-refractivity contribution in [3.05, 3.63) is 47.4 Å². The van der Waals surface area contributed by atoms with Crippen molar-refractivity contribution in [2.45, 2.75) is 27.3 Å². The van der Waals surface area contributed by atoms with Gasteiger partial charge in [0.05, 0.1) is 18.1 Å². The number of rotatable bonds is 5. The Morgan fingerprint density at radius 1 is 1.15 bits per heavy atom. The molecule has 1 aromatic carbocycles. The van der Waals surface area contributed by atoms with Crippen molar-refractivity contribution in [2.75, 3.05) is 18.5 Å². The van der Waals surface area contributed by atoms with Crippen LogP contribution in [0.25, 0.3) is 0 Å². The van der Waals surface area contributed by atoms with E-state index in [0.717, 1.165) is 30.3 Å². The van der Waals surface area contributed by atoms with Crippen LogP contribution in [-0.2, 0) is 6.54 Å². The van der Waals surface area contributed by atoms with Gasteiger partial charge in [0.25, 0.3) is 0 Å². The Balaban J connectivity index is 2.18. The fourth-order valence-electron chi connectivity index (χ4n) is 2.17. The van der Waals surface area contributed by atoms with E-state index < -0.39 is 0 Å². The minimum atomic E-state index is 0.761. The molecule has 0 amide bonds. The molecule has 1 heterocycles. The summed E-state index contributed by atoms with van der Waals surface area (Å²) >= 11 is 0. The molecule has 2 rings (SSSR count). The molecule has 0 fully saturated rings. The summed E-state index contributed by atoms with van der Waals surface area (Å²) in [7, 11) is 2.02. The van der Waals surface area contributed by atoms with Gasteiger partial charge in [-0.2, -0.15) is 0 Å². The molecule has 0 unspecified atom stereocenters. The molecule has 0 saturated carbocycles. The number of aryl methyl sites for hydroxylation is 2. The molecule has 0 saturated heterocycles. The zero-order valence-corrected chi connectivity index (χ0v) is 12.6. The fraction of sp³-hybridized carbons (Fsp3) is 0.375. The second-order valence-corrected chi connectivity index (χ2v) is 5.00. The van der Waals surface area contributed by atoms with Crippen molar-refractivity contribution >= 4 is 11.5 Å². The second-order valence-electron chi connectivity index (χ2n) is 5.00. The molecule has 4 heteroatoms. The first-order chi connectivity index (χ1) is 9.61. The molecular formula is C16H22N4. The molecular weight excluding hydrogens is 248 g/mol. The molecule has 0 atom stereocenters. The SMILES string of the molecule is CCNCc1cnc(N(C)c2ccc(C)cc2C)cn1. The third-order valence-electron chi connectivity index (χ3n) is 3.31. The second kappa shape index (κ2) is 6.48. The lowest BCUT2D eigenvalue weighted by Gasteiger charge is -2.20. The van der Waals surface area contributed by atoms with Crippen LogP contribution in [-0.4, -0.2) is 23.6 Å². The van der Waals surface area contributed by atoms with Crippen molar-refractivity contribution in [2.24, 2.45) is 0 Å². The predicted octanol–water partition coefficient (Wildman–Crippen LogP) is 2.97. The van der Waals surface area contributed by atoms with E-state index in [1.165, 1.54) is 11.1 Å². The van der Waals surface area contributed by atoms with Crippen molar-refractivity contribution in [3.8, 4) is 0 Å². The van der Waals surface area contributed by atoms with Crippen LogP contribution in [0.4, 0.5) is 11.5 Å². The van der Waals surface area contributed by atoms with Gasteiger partial charge in [0.2, 0.25) is 0 Å². The van der Waals surface area contributed by atoms with Crippen LogP contribution in [0.3, 0.4) is 0 Å². The van der Waals surface area contributed by atoms with Crippen molar-refractivity contribution < 1.29 is 0 Å². The molecule has 4 nitrogen and oxygen atoms in total. The summed E-state index contributed by atoms with van der Waals surface area (Å²) < 4.78 is 0. The molecule has 0 aliphatic carbocycles. The summed E-state index contributed by atoms with van der Waals surface area (Å²) in [5, 5.41) is 3.24. The van der Waals surface area contributed by atoms with E-state index in [0.29, 0.717) is 0 Å². The first-order valence-corrected chi connectivity index (χ1v) is 6.94. The van der Waals surface area contributed by atoms with Gasteiger partial charge in [-0.15, -0.1) is 0 Å². The Labute approximate surface area is 120 Å². The van der Waals surface area contributed by atoms with Gasteiger partial charge in [-0.25, -0.2) is 4.98 Å². The predicted molar refractivity (Wildman–Crippen MR) is 83.4 cm³/mol. The van der Waals surface area contributed by atoms with Crippen LogP contribution >= 0.6 is 0 Å². The summed E-state index contributed by atoms with van der Waals surface area (Å²) in [6.07, 6.45) is 3.66. The normalized spacial score (nSPS) is 10.6. The van der Waals surface area contributed by atoms with Gasteiger partial charge in [0.1, 0.15) is 0 Å². The van der Waals surface area contributed by atoms with Crippen LogP contribution < -0.4 is 10.2 Å². The molecule has 0 spiro atoms. The van der Waals surface area contributed by atoms with Gasteiger partial charge < -0.3 is 10.2 Å². The lowest BCUT2D eigenvalue weighted by Crippen LogP contribution is -2.16. The smallest absolute Gasteiger partial charge is 0.151 e. The Morgan fingerprint density at radius 2 is 1.95 bits per heavy atom. The Morgan fingerprint density at radius 3 is 2.55 bits per heavy atom. The highest BCUT2D eigenvalue weighted by atomic mass is 15.2. The summed E-state index contributed by atoms with van der Waals surface area (Å²) in [6, 6.07) is 6.42. The van der Waals surface area contributed by atoms with E-state index in [9.17, 15) is 0 Å². The van der Waals surface area contributed by atoms with E-state index in [2.05, 4.69) is 59.2 Å². The largest absolute Gasteiger partial charge is 0.328 e. The maximum atomic E-state index is 4.49. The van der Waals surface area contributed by atoms with Crippen LogP contribution in [0.5, 0.6) is 0 Å². The molecule has 0 aliphatic heterocycles. The van der Waals surface area contributed by atoms with Crippen molar-refractivity contribution in [1.29, 1.82) is 0 Å². The molecule has 20 heavy (non-hydrogen) atoms. The van der Waals surface area contributed by atoms with Gasteiger partial charge in [-0.3, -0.25) is 4.98 Å². The number of aromatic nitrogens is 2. The third-order valence-corrected chi connectivity index (χ3v) is 3.31. The third kappa shape index (κ3) is 3.33. The number of hydrogen-bond acceptors (Lipinski definition) is 4. The molecule has 106 valence electrons. The minimum Gasteiger partial charge on any atom is -0.328 e. The topological polar surface area (TPSA) is 41.1 Å². The van der Waals surface area contributed by atoms with E-state index in [1.807, 2.05) is 19.4 Å².